The normalized spacial score (nSPS) is 47.7. The van der Waals surface area contributed by atoms with Gasteiger partial charge in [0.1, 0.15) is 24.1 Å². The van der Waals surface area contributed by atoms with Crippen molar-refractivity contribution in [2.75, 3.05) is 13.2 Å². The third-order valence-electron chi connectivity index (χ3n) is 10.8. The van der Waals surface area contributed by atoms with Gasteiger partial charge in [0.25, 0.3) is 0 Å². The summed E-state index contributed by atoms with van der Waals surface area (Å²) in [4.78, 5) is 37.9. The molecule has 5 atom stereocenters. The fraction of sp³-hybridized carbons (Fsp3) is 0.885. The monoisotopic (exact) mass is 574 g/mol. The summed E-state index contributed by atoms with van der Waals surface area (Å²) in [5.74, 6) is -3.40. The Kier molecular flexibility index (Phi) is 5.51. The van der Waals surface area contributed by atoms with Gasteiger partial charge in [-0.2, -0.15) is 17.2 Å². The number of ketones is 1. The smallest absolute Gasteiger partial charge is 0.462 e. The second-order valence-corrected chi connectivity index (χ2v) is 14.8. The van der Waals surface area contributed by atoms with Crippen LogP contribution in [0.1, 0.15) is 64.2 Å². The molecule has 1 saturated heterocycles. The van der Waals surface area contributed by atoms with E-state index in [4.69, 9.17) is 23.5 Å². The van der Waals surface area contributed by atoms with E-state index in [0.717, 1.165) is 19.3 Å². The first-order valence-electron chi connectivity index (χ1n) is 13.9. The summed E-state index contributed by atoms with van der Waals surface area (Å²) >= 11 is 0. The number of ether oxygens (including phenoxy) is 4. The molecule has 8 saturated carbocycles. The Morgan fingerprint density at radius 3 is 2.21 bits per heavy atom. The minimum absolute atomic E-state index is 0.0137. The van der Waals surface area contributed by atoms with Crippen LogP contribution in [0.2, 0.25) is 0 Å². The number of Topliss-reactive ketones (excluding diaryl/α,β-unsaturated/α-hetero) is 1. The summed E-state index contributed by atoms with van der Waals surface area (Å²) in [5, 5.41) is -5.05. The van der Waals surface area contributed by atoms with Crippen molar-refractivity contribution in [1.82, 2.24) is 0 Å². The van der Waals surface area contributed by atoms with Crippen LogP contribution in [-0.4, -0.2) is 66.7 Å². The van der Waals surface area contributed by atoms with Crippen LogP contribution >= 0.6 is 0 Å². The van der Waals surface area contributed by atoms with Crippen molar-refractivity contribution in [3.63, 3.8) is 0 Å². The maximum absolute atomic E-state index is 13.9. The predicted octanol–water partition coefficient (Wildman–Crippen LogP) is 2.64. The van der Waals surface area contributed by atoms with Gasteiger partial charge >= 0.3 is 27.3 Å². The van der Waals surface area contributed by atoms with Crippen molar-refractivity contribution in [3.05, 3.63) is 0 Å². The van der Waals surface area contributed by atoms with Crippen molar-refractivity contribution in [1.29, 1.82) is 0 Å². The van der Waals surface area contributed by atoms with Gasteiger partial charge < -0.3 is 18.9 Å². The van der Waals surface area contributed by atoms with Crippen LogP contribution in [0.15, 0.2) is 0 Å². The van der Waals surface area contributed by atoms with Crippen LogP contribution < -0.4 is 0 Å². The highest BCUT2D eigenvalue weighted by molar-refractivity contribution is 7.87. The minimum atomic E-state index is -5.96. The molecule has 0 aromatic heterocycles. The van der Waals surface area contributed by atoms with E-state index in [-0.39, 0.29) is 61.6 Å². The second kappa shape index (κ2) is 8.19. The van der Waals surface area contributed by atoms with Crippen molar-refractivity contribution < 1.29 is 55.1 Å². The Morgan fingerprint density at radius 2 is 1.59 bits per heavy atom. The predicted molar refractivity (Wildman–Crippen MR) is 124 cm³/mol. The van der Waals surface area contributed by atoms with Crippen molar-refractivity contribution in [2.24, 2.45) is 40.9 Å². The lowest BCUT2D eigenvalue weighted by Crippen LogP contribution is -2.65. The maximum Gasteiger partial charge on any atom is 0.465 e. The quantitative estimate of drug-likeness (QED) is 0.372. The number of halogens is 2. The lowest BCUT2D eigenvalue weighted by molar-refractivity contribution is -0.321. The molecule has 1 aliphatic heterocycles. The van der Waals surface area contributed by atoms with E-state index in [0.29, 0.717) is 43.8 Å². The third kappa shape index (κ3) is 3.78. The Labute approximate surface area is 224 Å². The molecule has 39 heavy (non-hydrogen) atoms. The first-order valence-corrected chi connectivity index (χ1v) is 15.3. The number of rotatable bonds is 6. The topological polar surface area (TPSA) is 142 Å². The number of alkyl halides is 2. The largest absolute Gasteiger partial charge is 0.465 e. The van der Waals surface area contributed by atoms with Crippen LogP contribution in [0.25, 0.3) is 0 Å². The first kappa shape index (κ1) is 26.2. The lowest BCUT2D eigenvalue weighted by Gasteiger charge is -2.62. The molecular weight excluding hydrogens is 542 g/mol. The molecule has 8 bridgehead atoms. The fourth-order valence-electron chi connectivity index (χ4n) is 9.72. The summed E-state index contributed by atoms with van der Waals surface area (Å²) in [7, 11) is -5.96. The SMILES string of the molecule is O=C1C2CC3CC1CC(C(=O)OCC1COC4(O1)C1CC5CC4CC(OC(=O)C(F)(F)S(=O)(=O)O)(C5)C1)(C3)C2. The first-order chi connectivity index (χ1) is 18.2. The molecule has 0 amide bonds. The highest BCUT2D eigenvalue weighted by atomic mass is 32.2. The molecule has 9 aliphatic rings. The second-order valence-electron chi connectivity index (χ2n) is 13.3. The lowest BCUT2D eigenvalue weighted by atomic mass is 9.49. The molecule has 1 heterocycles. The van der Waals surface area contributed by atoms with E-state index in [1.54, 1.807) is 0 Å². The van der Waals surface area contributed by atoms with E-state index in [1.807, 2.05) is 0 Å². The zero-order chi connectivity index (χ0) is 27.6. The molecule has 13 heteroatoms. The highest BCUT2D eigenvalue weighted by Crippen LogP contribution is 2.64. The van der Waals surface area contributed by atoms with E-state index >= 15 is 0 Å². The average molecular weight is 575 g/mol. The Bertz CT molecular complexity index is 1200. The standard InChI is InChI=1S/C26H32F2O10S/c27-26(28,39(32,33)34)22(31)38-24-6-14-3-17(9-24)25(18(4-14)10-24)36-12-19(37-25)11-35-21(30)23-5-13-1-15(7-23)20(29)16(2-13)8-23/h13-19H,1-12H2,(H,32,33,34). The van der Waals surface area contributed by atoms with Gasteiger partial charge in [0.05, 0.1) is 12.0 Å². The molecule has 1 N–H and O–H groups in total. The van der Waals surface area contributed by atoms with Gasteiger partial charge in [-0.3, -0.25) is 14.1 Å². The number of hydrogen-bond donors (Lipinski definition) is 1. The van der Waals surface area contributed by atoms with Crippen molar-refractivity contribution in [3.8, 4) is 0 Å². The van der Waals surface area contributed by atoms with Gasteiger partial charge in [0.15, 0.2) is 5.79 Å². The average Bonchev–Trinajstić information content (AvgIpc) is 3.27. The van der Waals surface area contributed by atoms with Crippen LogP contribution in [0.3, 0.4) is 0 Å². The van der Waals surface area contributed by atoms with Crippen molar-refractivity contribution in [2.45, 2.75) is 87.0 Å². The number of carbonyl (C=O) groups excluding carboxylic acids is 3. The fourth-order valence-corrected chi connectivity index (χ4v) is 9.97. The minimum Gasteiger partial charge on any atom is -0.462 e. The van der Waals surface area contributed by atoms with Gasteiger partial charge in [-0.1, -0.05) is 0 Å². The highest BCUT2D eigenvalue weighted by Gasteiger charge is 2.69. The summed E-state index contributed by atoms with van der Waals surface area (Å²) in [6, 6.07) is 0. The molecule has 9 rings (SSSR count). The van der Waals surface area contributed by atoms with Crippen LogP contribution in [0.5, 0.6) is 0 Å². The van der Waals surface area contributed by atoms with Crippen molar-refractivity contribution >= 4 is 27.8 Å². The Balaban J connectivity index is 1.00. The molecule has 0 aromatic carbocycles. The Morgan fingerprint density at radius 1 is 0.974 bits per heavy atom. The molecule has 216 valence electrons. The molecule has 5 unspecified atom stereocenters. The van der Waals surface area contributed by atoms with E-state index in [1.165, 1.54) is 0 Å². The molecular formula is C26H32F2O10S. The van der Waals surface area contributed by atoms with E-state index < -0.39 is 44.2 Å². The zero-order valence-electron chi connectivity index (χ0n) is 21.3. The summed E-state index contributed by atoms with van der Waals surface area (Å²) in [6.07, 6.45) is 5.15. The number of esters is 2. The van der Waals surface area contributed by atoms with Gasteiger partial charge in [-0.25, -0.2) is 4.79 Å². The molecule has 1 spiro atoms. The van der Waals surface area contributed by atoms with Gasteiger partial charge in [0, 0.05) is 23.7 Å². The summed E-state index contributed by atoms with van der Waals surface area (Å²) in [6.45, 7) is 0.206. The van der Waals surface area contributed by atoms with E-state index in [9.17, 15) is 31.6 Å². The molecule has 10 nitrogen and oxygen atoms in total. The Hall–Kier alpha value is -1.70. The zero-order valence-corrected chi connectivity index (χ0v) is 22.1. The molecule has 0 aromatic rings. The molecule has 9 fully saturated rings. The van der Waals surface area contributed by atoms with Crippen LogP contribution in [0.4, 0.5) is 8.78 Å². The maximum atomic E-state index is 13.9. The molecule has 0 radical (unpaired) electrons. The van der Waals surface area contributed by atoms with Crippen LogP contribution in [-0.2, 0) is 43.4 Å². The molecule has 8 aliphatic carbocycles. The van der Waals surface area contributed by atoms with E-state index in [2.05, 4.69) is 0 Å². The van der Waals surface area contributed by atoms with Gasteiger partial charge in [-0.15, -0.1) is 0 Å². The summed E-state index contributed by atoms with van der Waals surface area (Å²) < 4.78 is 82.3. The summed E-state index contributed by atoms with van der Waals surface area (Å²) in [5.41, 5.74) is -1.87. The third-order valence-corrected chi connectivity index (χ3v) is 11.6. The number of hydrogen-bond acceptors (Lipinski definition) is 9. The van der Waals surface area contributed by atoms with Crippen LogP contribution in [0, 0.1) is 40.9 Å². The van der Waals surface area contributed by atoms with Gasteiger partial charge in [0.2, 0.25) is 0 Å². The van der Waals surface area contributed by atoms with Gasteiger partial charge in [-0.05, 0) is 76.0 Å². The number of carbonyl (C=O) groups is 3.